The fourth-order valence-corrected chi connectivity index (χ4v) is 3.54. The van der Waals surface area contributed by atoms with E-state index in [0.29, 0.717) is 28.3 Å². The van der Waals surface area contributed by atoms with Crippen LogP contribution in [0.5, 0.6) is 11.5 Å². The number of ether oxygens (including phenoxy) is 1. The standard InChI is InChI=1S/C24H18N4O3/c25-17-6-4-5-16(13-17)20-14-26-28-22(24(29)30)21(27-23(20)28)15-9-11-19(12-10-15)31-18-7-2-1-3-8-18/h1-14,26H,25H2,(H,29,30). The minimum absolute atomic E-state index is 0.0573. The van der Waals surface area contributed by atoms with Gasteiger partial charge in [-0.05, 0) is 54.1 Å². The maximum Gasteiger partial charge on any atom is 0.356 e. The summed E-state index contributed by atoms with van der Waals surface area (Å²) in [5, 5.41) is 12.9. The SMILES string of the molecule is Nc1cccc(-c2c[nH]n3c(C(=O)O)c(-c4ccc(Oc5ccccc5)cc4)nc23)c1. The summed E-state index contributed by atoms with van der Waals surface area (Å²) in [7, 11) is 0. The molecule has 0 fully saturated rings. The summed E-state index contributed by atoms with van der Waals surface area (Å²) in [6.45, 7) is 0. The molecule has 152 valence electrons. The van der Waals surface area contributed by atoms with E-state index >= 15 is 0 Å². The highest BCUT2D eigenvalue weighted by Gasteiger charge is 2.23. The molecule has 0 bridgehead atoms. The second-order valence-corrected chi connectivity index (χ2v) is 7.03. The predicted molar refractivity (Wildman–Crippen MR) is 118 cm³/mol. The molecule has 7 heteroatoms. The van der Waals surface area contributed by atoms with Gasteiger partial charge in [0.2, 0.25) is 0 Å². The molecular formula is C24H18N4O3. The van der Waals surface area contributed by atoms with E-state index in [4.69, 9.17) is 10.5 Å². The number of aromatic carboxylic acids is 1. The van der Waals surface area contributed by atoms with Gasteiger partial charge < -0.3 is 15.6 Å². The molecule has 5 rings (SSSR count). The number of hydrogen-bond acceptors (Lipinski definition) is 4. The number of carbonyl (C=O) groups is 1. The van der Waals surface area contributed by atoms with Gasteiger partial charge in [-0.15, -0.1) is 0 Å². The molecule has 0 spiro atoms. The van der Waals surface area contributed by atoms with Gasteiger partial charge in [0.25, 0.3) is 0 Å². The maximum absolute atomic E-state index is 12.1. The first-order valence-corrected chi connectivity index (χ1v) is 9.62. The molecule has 0 atom stereocenters. The third-order valence-corrected chi connectivity index (χ3v) is 4.96. The van der Waals surface area contributed by atoms with Crippen molar-refractivity contribution in [2.45, 2.75) is 0 Å². The number of fused-ring (bicyclic) bond motifs is 1. The first-order chi connectivity index (χ1) is 15.1. The Balaban J connectivity index is 1.56. The quantitative estimate of drug-likeness (QED) is 0.351. The van der Waals surface area contributed by atoms with E-state index in [1.807, 2.05) is 48.5 Å². The Hall–Kier alpha value is -4.52. The van der Waals surface area contributed by atoms with E-state index < -0.39 is 5.97 Å². The van der Waals surface area contributed by atoms with Gasteiger partial charge in [-0.25, -0.2) is 14.3 Å². The van der Waals surface area contributed by atoms with Crippen LogP contribution in [0.3, 0.4) is 0 Å². The molecule has 2 aromatic heterocycles. The smallest absolute Gasteiger partial charge is 0.356 e. The number of benzene rings is 3. The molecule has 2 heterocycles. The Morgan fingerprint density at radius 1 is 0.935 bits per heavy atom. The normalized spacial score (nSPS) is 11.0. The van der Waals surface area contributed by atoms with Crippen molar-refractivity contribution in [1.29, 1.82) is 0 Å². The lowest BCUT2D eigenvalue weighted by Gasteiger charge is -2.06. The molecule has 0 radical (unpaired) electrons. The topological polar surface area (TPSA) is 106 Å². The third-order valence-electron chi connectivity index (χ3n) is 4.96. The first-order valence-electron chi connectivity index (χ1n) is 9.62. The van der Waals surface area contributed by atoms with Crippen molar-refractivity contribution in [3.8, 4) is 33.9 Å². The average Bonchev–Trinajstić information content (AvgIpc) is 3.34. The van der Waals surface area contributed by atoms with Gasteiger partial charge >= 0.3 is 5.97 Å². The molecule has 0 aliphatic rings. The van der Waals surface area contributed by atoms with Crippen LogP contribution in [-0.4, -0.2) is 25.7 Å². The van der Waals surface area contributed by atoms with Crippen molar-refractivity contribution < 1.29 is 14.6 Å². The van der Waals surface area contributed by atoms with Crippen molar-refractivity contribution in [3.63, 3.8) is 0 Å². The minimum atomic E-state index is -1.08. The summed E-state index contributed by atoms with van der Waals surface area (Å²) >= 11 is 0. The van der Waals surface area contributed by atoms with Crippen LogP contribution >= 0.6 is 0 Å². The Bertz CT molecular complexity index is 1390. The van der Waals surface area contributed by atoms with E-state index in [0.717, 1.165) is 16.9 Å². The zero-order valence-electron chi connectivity index (χ0n) is 16.3. The summed E-state index contributed by atoms with van der Waals surface area (Å²) < 4.78 is 7.30. The van der Waals surface area contributed by atoms with Gasteiger partial charge in [0, 0.05) is 23.0 Å². The van der Waals surface area contributed by atoms with Gasteiger partial charge in [0.05, 0.1) is 0 Å². The average molecular weight is 410 g/mol. The molecule has 0 aliphatic carbocycles. The number of hydrogen-bond donors (Lipinski definition) is 3. The molecule has 5 aromatic rings. The second-order valence-electron chi connectivity index (χ2n) is 7.03. The highest BCUT2D eigenvalue weighted by atomic mass is 16.5. The Kier molecular flexibility index (Phi) is 4.41. The van der Waals surface area contributed by atoms with Crippen molar-refractivity contribution in [2.75, 3.05) is 5.73 Å². The Labute approximate surface area is 177 Å². The highest BCUT2D eigenvalue weighted by molar-refractivity contribution is 5.96. The van der Waals surface area contributed by atoms with Crippen LogP contribution in [0.15, 0.2) is 85.1 Å². The number of nitrogen functional groups attached to an aromatic ring is 1. The fourth-order valence-electron chi connectivity index (χ4n) is 3.54. The number of H-pyrrole nitrogens is 1. The van der Waals surface area contributed by atoms with Crippen molar-refractivity contribution in [2.24, 2.45) is 0 Å². The molecule has 0 saturated heterocycles. The van der Waals surface area contributed by atoms with Crippen LogP contribution in [0.4, 0.5) is 5.69 Å². The number of imidazole rings is 1. The van der Waals surface area contributed by atoms with E-state index in [-0.39, 0.29) is 5.69 Å². The zero-order chi connectivity index (χ0) is 21.4. The van der Waals surface area contributed by atoms with Crippen LogP contribution in [0.25, 0.3) is 28.0 Å². The predicted octanol–water partition coefficient (Wildman–Crippen LogP) is 5.07. The number of nitrogens with one attached hydrogen (secondary N) is 1. The summed E-state index contributed by atoms with van der Waals surface area (Å²) in [4.78, 5) is 16.7. The molecule has 4 N–H and O–H groups in total. The molecule has 0 saturated carbocycles. The van der Waals surface area contributed by atoms with Crippen LogP contribution < -0.4 is 10.5 Å². The number of carboxylic acids is 1. The van der Waals surface area contributed by atoms with Crippen LogP contribution in [0.2, 0.25) is 0 Å². The van der Waals surface area contributed by atoms with E-state index in [1.54, 1.807) is 36.5 Å². The summed E-state index contributed by atoms with van der Waals surface area (Å²) in [5.74, 6) is 0.300. The largest absolute Gasteiger partial charge is 0.476 e. The van der Waals surface area contributed by atoms with Crippen LogP contribution in [-0.2, 0) is 0 Å². The molecule has 0 amide bonds. The summed E-state index contributed by atoms with van der Waals surface area (Å²) in [5.41, 5.74) is 9.77. The van der Waals surface area contributed by atoms with Crippen molar-refractivity contribution >= 4 is 17.3 Å². The van der Waals surface area contributed by atoms with Gasteiger partial charge in [-0.2, -0.15) is 0 Å². The molecule has 0 unspecified atom stereocenters. The van der Waals surface area contributed by atoms with Crippen molar-refractivity contribution in [1.82, 2.24) is 14.6 Å². The van der Waals surface area contributed by atoms with Gasteiger partial charge in [0.15, 0.2) is 11.3 Å². The Morgan fingerprint density at radius 2 is 1.68 bits per heavy atom. The van der Waals surface area contributed by atoms with E-state index in [1.165, 1.54) is 4.52 Å². The van der Waals surface area contributed by atoms with Crippen LogP contribution in [0, 0.1) is 0 Å². The molecule has 7 nitrogen and oxygen atoms in total. The minimum Gasteiger partial charge on any atom is -0.476 e. The monoisotopic (exact) mass is 410 g/mol. The lowest BCUT2D eigenvalue weighted by Crippen LogP contribution is -2.04. The molecule has 0 aliphatic heterocycles. The van der Waals surface area contributed by atoms with E-state index in [2.05, 4.69) is 10.1 Å². The first kappa shape index (κ1) is 18.5. The number of aromatic amines is 1. The maximum atomic E-state index is 12.1. The number of nitrogens with two attached hydrogens (primary N) is 1. The van der Waals surface area contributed by atoms with Gasteiger partial charge in [0.1, 0.15) is 17.2 Å². The summed E-state index contributed by atoms with van der Waals surface area (Å²) in [6.07, 6.45) is 1.73. The van der Waals surface area contributed by atoms with E-state index in [9.17, 15) is 9.90 Å². The van der Waals surface area contributed by atoms with Crippen LogP contribution in [0.1, 0.15) is 10.5 Å². The fraction of sp³-hybridized carbons (Fsp3) is 0. The number of anilines is 1. The second kappa shape index (κ2) is 7.38. The third kappa shape index (κ3) is 3.38. The lowest BCUT2D eigenvalue weighted by atomic mass is 10.1. The number of para-hydroxylation sites is 1. The van der Waals surface area contributed by atoms with Gasteiger partial charge in [-0.3, -0.25) is 5.10 Å². The lowest BCUT2D eigenvalue weighted by molar-refractivity contribution is 0.0689. The molecule has 3 aromatic carbocycles. The number of aromatic nitrogens is 3. The Morgan fingerprint density at radius 3 is 2.39 bits per heavy atom. The highest BCUT2D eigenvalue weighted by Crippen LogP contribution is 2.32. The molecule has 31 heavy (non-hydrogen) atoms. The number of rotatable bonds is 5. The summed E-state index contributed by atoms with van der Waals surface area (Å²) in [6, 6.07) is 24.0. The number of nitrogens with zero attached hydrogens (tertiary/aromatic N) is 2. The zero-order valence-corrected chi connectivity index (χ0v) is 16.3. The van der Waals surface area contributed by atoms with Crippen molar-refractivity contribution in [3.05, 3.63) is 90.8 Å². The number of carboxylic acid groups (broad SMARTS) is 1. The van der Waals surface area contributed by atoms with Gasteiger partial charge in [-0.1, -0.05) is 30.3 Å². The molecular weight excluding hydrogens is 392 g/mol.